The van der Waals surface area contributed by atoms with Gasteiger partial charge in [0.05, 0.1) is 0 Å². The lowest BCUT2D eigenvalue weighted by Crippen LogP contribution is -2.48. The fourth-order valence-electron chi connectivity index (χ4n) is 3.74. The second-order valence-corrected chi connectivity index (χ2v) is 10.9. The number of likely N-dealkylation sites (N-methyl/N-ethyl adjacent to an activating group) is 1. The first-order valence-electron chi connectivity index (χ1n) is 13.4. The maximum Gasteiger partial charge on any atom is 0.410 e. The Kier molecular flexibility index (Phi) is 14.1. The average molecular weight is 594 g/mol. The number of nitrogens with zero attached hydrogens (tertiary/aromatic N) is 1. The van der Waals surface area contributed by atoms with E-state index in [1.54, 1.807) is 58.9 Å². The van der Waals surface area contributed by atoms with E-state index in [9.17, 15) is 28.8 Å². The highest BCUT2D eigenvalue weighted by atomic mass is 16.6. The minimum atomic E-state index is -0.997. The quantitative estimate of drug-likeness (QED) is 0.171. The van der Waals surface area contributed by atoms with Gasteiger partial charge in [0.1, 0.15) is 30.8 Å². The minimum Gasteiger partial charge on any atom is -0.445 e. The van der Waals surface area contributed by atoms with E-state index in [-0.39, 0.29) is 25.5 Å². The Morgan fingerprint density at radius 1 is 0.976 bits per heavy atom. The molecular formula is C27H43N7O8. The van der Waals surface area contributed by atoms with Crippen molar-refractivity contribution in [2.24, 2.45) is 17.4 Å². The summed E-state index contributed by atoms with van der Waals surface area (Å²) >= 11 is 0. The predicted octanol–water partition coefficient (Wildman–Crippen LogP) is 1.16. The van der Waals surface area contributed by atoms with Gasteiger partial charge in [-0.1, -0.05) is 26.0 Å². The van der Waals surface area contributed by atoms with Crippen LogP contribution in [0.4, 0.5) is 20.1 Å². The van der Waals surface area contributed by atoms with Gasteiger partial charge in [-0.25, -0.2) is 14.4 Å². The molecule has 0 heterocycles. The van der Waals surface area contributed by atoms with Crippen LogP contribution >= 0.6 is 0 Å². The number of nitrogens with two attached hydrogens (primary N) is 2. The maximum atomic E-state index is 13.0. The number of hydrogen-bond donors (Lipinski definition) is 6. The van der Waals surface area contributed by atoms with Crippen LogP contribution in [0.1, 0.15) is 53.0 Å². The molecule has 0 aliphatic heterocycles. The van der Waals surface area contributed by atoms with Gasteiger partial charge in [0.25, 0.3) is 0 Å². The van der Waals surface area contributed by atoms with Crippen molar-refractivity contribution in [2.75, 3.05) is 25.5 Å². The number of anilines is 1. The van der Waals surface area contributed by atoms with E-state index in [2.05, 4.69) is 21.3 Å². The normalized spacial score (nSPS) is 12.4. The Bertz CT molecular complexity index is 1100. The van der Waals surface area contributed by atoms with Gasteiger partial charge in [0.15, 0.2) is 0 Å². The van der Waals surface area contributed by atoms with Gasteiger partial charge >= 0.3 is 18.2 Å². The summed E-state index contributed by atoms with van der Waals surface area (Å²) in [6.45, 7) is 8.25. The van der Waals surface area contributed by atoms with Crippen molar-refractivity contribution in [1.82, 2.24) is 20.9 Å². The molecule has 234 valence electrons. The summed E-state index contributed by atoms with van der Waals surface area (Å²) in [6.07, 6.45) is -1.01. The molecular weight excluding hydrogens is 550 g/mol. The fourth-order valence-corrected chi connectivity index (χ4v) is 3.74. The summed E-state index contributed by atoms with van der Waals surface area (Å²) in [4.78, 5) is 73.4. The van der Waals surface area contributed by atoms with E-state index in [0.717, 1.165) is 4.90 Å². The Balaban J connectivity index is 2.77. The number of rotatable bonds is 14. The molecule has 0 fully saturated rings. The van der Waals surface area contributed by atoms with Crippen LogP contribution in [-0.4, -0.2) is 78.7 Å². The number of amides is 7. The summed E-state index contributed by atoms with van der Waals surface area (Å²) in [5.41, 5.74) is 10.7. The average Bonchev–Trinajstić information content (AvgIpc) is 2.87. The van der Waals surface area contributed by atoms with E-state index in [4.69, 9.17) is 20.9 Å². The zero-order valence-corrected chi connectivity index (χ0v) is 24.9. The molecule has 0 saturated carbocycles. The standard InChI is InChI=1S/C27H43N7O8/c1-16(2)21(22(28)36)34(6)26(40)41-15-17-9-11-18(12-10-17)32-23(37)19(8-7-13-30-24(29)38)33-20(35)14-31-25(39)42-27(3,4)5/h9-12,16,19,21H,7-8,13-15H2,1-6H3,(H2,28,36)(H,31,39)(H,32,37)(H,33,35)(H3,29,30,38)/t19-,21-/m0/s1. The first kappa shape index (κ1) is 35.5. The van der Waals surface area contributed by atoms with E-state index in [1.807, 2.05) is 0 Å². The topological polar surface area (TPSA) is 224 Å². The van der Waals surface area contributed by atoms with Crippen LogP contribution in [0.25, 0.3) is 0 Å². The highest BCUT2D eigenvalue weighted by molar-refractivity contribution is 5.97. The van der Waals surface area contributed by atoms with Crippen molar-refractivity contribution >= 4 is 41.6 Å². The van der Waals surface area contributed by atoms with Gasteiger partial charge in [0, 0.05) is 19.3 Å². The number of ether oxygens (including phenoxy) is 2. The van der Waals surface area contributed by atoms with E-state index < -0.39 is 60.2 Å². The molecule has 15 heteroatoms. The van der Waals surface area contributed by atoms with Crippen molar-refractivity contribution in [3.63, 3.8) is 0 Å². The zero-order chi connectivity index (χ0) is 32.0. The number of hydrogen-bond acceptors (Lipinski definition) is 8. The molecule has 7 amide bonds. The second-order valence-electron chi connectivity index (χ2n) is 10.9. The third-order valence-corrected chi connectivity index (χ3v) is 5.62. The third kappa shape index (κ3) is 13.7. The molecule has 0 spiro atoms. The predicted molar refractivity (Wildman–Crippen MR) is 154 cm³/mol. The lowest BCUT2D eigenvalue weighted by molar-refractivity contribution is -0.126. The molecule has 0 saturated heterocycles. The molecule has 0 unspecified atom stereocenters. The minimum absolute atomic E-state index is 0.0861. The number of urea groups is 1. The van der Waals surface area contributed by atoms with Gasteiger partial charge in [-0.3, -0.25) is 19.3 Å². The summed E-state index contributed by atoms with van der Waals surface area (Å²) in [5.74, 6) is -1.99. The molecule has 0 aliphatic rings. The first-order valence-corrected chi connectivity index (χ1v) is 13.4. The SMILES string of the molecule is CC(C)[C@@H](C(N)=O)N(C)C(=O)OCc1ccc(NC(=O)[C@H](CCCNC(N)=O)NC(=O)CNC(=O)OC(C)(C)C)cc1. The van der Waals surface area contributed by atoms with E-state index in [0.29, 0.717) is 17.7 Å². The van der Waals surface area contributed by atoms with Crippen LogP contribution in [0.5, 0.6) is 0 Å². The number of nitrogens with one attached hydrogen (secondary N) is 4. The summed E-state index contributed by atoms with van der Waals surface area (Å²) in [5, 5.41) is 10.00. The molecule has 42 heavy (non-hydrogen) atoms. The molecule has 0 radical (unpaired) electrons. The molecule has 8 N–H and O–H groups in total. The highest BCUT2D eigenvalue weighted by Gasteiger charge is 2.29. The van der Waals surface area contributed by atoms with Crippen LogP contribution in [0, 0.1) is 5.92 Å². The van der Waals surface area contributed by atoms with Crippen LogP contribution in [-0.2, 0) is 30.5 Å². The van der Waals surface area contributed by atoms with Crippen LogP contribution < -0.4 is 32.7 Å². The van der Waals surface area contributed by atoms with Crippen molar-refractivity contribution in [2.45, 2.75) is 71.8 Å². The van der Waals surface area contributed by atoms with Crippen molar-refractivity contribution in [1.29, 1.82) is 0 Å². The van der Waals surface area contributed by atoms with E-state index in [1.165, 1.54) is 7.05 Å². The van der Waals surface area contributed by atoms with Crippen LogP contribution in [0.3, 0.4) is 0 Å². The smallest absolute Gasteiger partial charge is 0.410 e. The number of primary amides is 2. The largest absolute Gasteiger partial charge is 0.445 e. The summed E-state index contributed by atoms with van der Waals surface area (Å²) in [7, 11) is 1.43. The molecule has 1 aromatic carbocycles. The van der Waals surface area contributed by atoms with Gasteiger partial charge in [-0.05, 0) is 57.2 Å². The molecule has 1 aromatic rings. The Morgan fingerprint density at radius 3 is 2.12 bits per heavy atom. The Hall–Kier alpha value is -4.56. The Morgan fingerprint density at radius 2 is 1.60 bits per heavy atom. The van der Waals surface area contributed by atoms with Gasteiger partial charge in [-0.15, -0.1) is 0 Å². The molecule has 0 aromatic heterocycles. The molecule has 1 rings (SSSR count). The fraction of sp³-hybridized carbons (Fsp3) is 0.556. The van der Waals surface area contributed by atoms with Crippen molar-refractivity contribution in [3.05, 3.63) is 29.8 Å². The van der Waals surface area contributed by atoms with Crippen molar-refractivity contribution in [3.8, 4) is 0 Å². The third-order valence-electron chi connectivity index (χ3n) is 5.62. The summed E-state index contributed by atoms with van der Waals surface area (Å²) in [6, 6.07) is 3.90. The maximum absolute atomic E-state index is 13.0. The van der Waals surface area contributed by atoms with Gasteiger partial charge in [-0.2, -0.15) is 0 Å². The van der Waals surface area contributed by atoms with E-state index >= 15 is 0 Å². The lowest BCUT2D eigenvalue weighted by Gasteiger charge is -2.27. The molecule has 15 nitrogen and oxygen atoms in total. The highest BCUT2D eigenvalue weighted by Crippen LogP contribution is 2.14. The second kappa shape index (κ2) is 16.6. The van der Waals surface area contributed by atoms with Gasteiger partial charge in [0.2, 0.25) is 17.7 Å². The molecule has 2 atom stereocenters. The van der Waals surface area contributed by atoms with Crippen LogP contribution in [0.2, 0.25) is 0 Å². The van der Waals surface area contributed by atoms with Crippen molar-refractivity contribution < 1.29 is 38.2 Å². The number of carbonyl (C=O) groups is 6. The van der Waals surface area contributed by atoms with Crippen LogP contribution in [0.15, 0.2) is 24.3 Å². The van der Waals surface area contributed by atoms with Gasteiger partial charge < -0.3 is 42.2 Å². The first-order chi connectivity index (χ1) is 19.5. The lowest BCUT2D eigenvalue weighted by atomic mass is 10.0. The molecule has 0 aliphatic carbocycles. The molecule has 0 bridgehead atoms. The number of benzene rings is 1. The summed E-state index contributed by atoms with van der Waals surface area (Å²) < 4.78 is 10.4. The number of alkyl carbamates (subject to hydrolysis) is 1. The monoisotopic (exact) mass is 593 g/mol. The zero-order valence-electron chi connectivity index (χ0n) is 24.9. The Labute approximate surface area is 245 Å². The number of carbonyl (C=O) groups excluding carboxylic acids is 6.